The summed E-state index contributed by atoms with van der Waals surface area (Å²) in [6.45, 7) is 0. The number of methoxy groups -OCH3 is 1. The van der Waals surface area contributed by atoms with Crippen LogP contribution in [0.1, 0.15) is 27.0 Å². The predicted molar refractivity (Wildman–Crippen MR) is 171 cm³/mol. The predicted octanol–water partition coefficient (Wildman–Crippen LogP) is 7.87. The maximum Gasteiger partial charge on any atom is 0.337 e. The summed E-state index contributed by atoms with van der Waals surface area (Å²) in [7, 11) is -1.72. The van der Waals surface area contributed by atoms with Crippen LogP contribution in [0.5, 0.6) is 11.5 Å². The van der Waals surface area contributed by atoms with Gasteiger partial charge in [-0.2, -0.15) is 0 Å². The van der Waals surface area contributed by atoms with Crippen LogP contribution in [0.2, 0.25) is 0 Å². The number of carbonyl (C=O) groups excluding carboxylic acids is 1. The molecule has 0 saturated heterocycles. The Balaban J connectivity index is 1.38. The molecule has 1 aliphatic heterocycles. The minimum absolute atomic E-state index is 0.193. The molecule has 1 N–H and O–H groups in total. The minimum Gasteiger partial charge on any atom is -0.465 e. The van der Waals surface area contributed by atoms with Crippen LogP contribution in [0.15, 0.2) is 121 Å². The first-order chi connectivity index (χ1) is 21.5. The molecule has 0 spiro atoms. The van der Waals surface area contributed by atoms with Crippen molar-refractivity contribution in [3.05, 3.63) is 144 Å². The number of aromatic amines is 1. The van der Waals surface area contributed by atoms with Gasteiger partial charge in [0.25, 0.3) is 8.03 Å². The van der Waals surface area contributed by atoms with Crippen molar-refractivity contribution < 1.29 is 23.4 Å². The Kier molecular flexibility index (Phi) is 6.12. The summed E-state index contributed by atoms with van der Waals surface area (Å²) in [6.07, 6.45) is 0. The van der Waals surface area contributed by atoms with E-state index in [9.17, 15) is 9.36 Å². The van der Waals surface area contributed by atoms with Crippen LogP contribution >= 0.6 is 8.03 Å². The molecule has 0 fully saturated rings. The van der Waals surface area contributed by atoms with E-state index in [4.69, 9.17) is 14.0 Å². The van der Waals surface area contributed by atoms with Crippen LogP contribution in [0.4, 0.5) is 0 Å². The largest absolute Gasteiger partial charge is 0.465 e. The molecule has 1 aromatic heterocycles. The highest BCUT2D eigenvalue weighted by Crippen LogP contribution is 2.56. The lowest BCUT2D eigenvalue weighted by molar-refractivity contribution is 0.0601. The molecule has 1 atom stereocenters. The van der Waals surface area contributed by atoms with Gasteiger partial charge in [-0.3, -0.25) is 4.57 Å². The number of benzene rings is 6. The molecule has 1 unspecified atom stereocenters. The summed E-state index contributed by atoms with van der Waals surface area (Å²) in [5.41, 5.74) is 2.68. The van der Waals surface area contributed by atoms with Gasteiger partial charge in [-0.1, -0.05) is 78.9 Å². The highest BCUT2D eigenvalue weighted by molar-refractivity contribution is 7.47. The number of para-hydroxylation sites is 2. The average molecular weight is 597 g/mol. The number of imidazole rings is 1. The first-order valence-electron chi connectivity index (χ1n) is 14.2. The topological polar surface area (TPSA) is 90.5 Å². The number of esters is 1. The van der Waals surface area contributed by atoms with Gasteiger partial charge in [0.05, 0.1) is 23.7 Å². The molecule has 1 aliphatic rings. The molecular weight excluding hydrogens is 571 g/mol. The summed E-state index contributed by atoms with van der Waals surface area (Å²) in [4.78, 5) is 19.9. The molecule has 7 nitrogen and oxygen atoms in total. The normalized spacial score (nSPS) is 14.1. The van der Waals surface area contributed by atoms with Crippen molar-refractivity contribution in [3.8, 4) is 11.5 Å². The van der Waals surface area contributed by atoms with E-state index in [1.807, 2.05) is 72.8 Å². The van der Waals surface area contributed by atoms with Gasteiger partial charge in [-0.05, 0) is 64.0 Å². The summed E-state index contributed by atoms with van der Waals surface area (Å²) in [5.74, 6) is 0.760. The third kappa shape index (κ3) is 4.05. The Labute approximate surface area is 252 Å². The van der Waals surface area contributed by atoms with Crippen LogP contribution in [-0.2, 0) is 19.4 Å². The van der Waals surface area contributed by atoms with Gasteiger partial charge >= 0.3 is 5.97 Å². The van der Waals surface area contributed by atoms with Crippen LogP contribution in [0.3, 0.4) is 0 Å². The third-order valence-electron chi connectivity index (χ3n) is 8.22. The fraction of sp³-hybridized carbons (Fsp3) is 0.0556. The number of ether oxygens (including phenoxy) is 2. The monoisotopic (exact) mass is 596 g/mol. The van der Waals surface area contributed by atoms with Gasteiger partial charge in [0.2, 0.25) is 0 Å². The Morgan fingerprint density at radius 2 is 1.39 bits per heavy atom. The van der Waals surface area contributed by atoms with Crippen LogP contribution in [0, 0.1) is 0 Å². The van der Waals surface area contributed by atoms with Crippen molar-refractivity contribution in [1.82, 2.24) is 9.97 Å². The fourth-order valence-corrected chi connectivity index (χ4v) is 7.37. The summed E-state index contributed by atoms with van der Waals surface area (Å²) < 4.78 is 32.6. The molecule has 6 aromatic carbocycles. The number of nitrogens with one attached hydrogen (secondary N) is 1. The number of H-pyrrole nitrogens is 1. The molecule has 2 heterocycles. The van der Waals surface area contributed by atoms with Crippen molar-refractivity contribution in [2.75, 3.05) is 7.11 Å². The number of aromatic nitrogens is 2. The van der Waals surface area contributed by atoms with Crippen molar-refractivity contribution in [1.29, 1.82) is 0 Å². The zero-order chi connectivity index (χ0) is 29.8. The van der Waals surface area contributed by atoms with E-state index in [2.05, 4.69) is 40.3 Å². The zero-order valence-corrected chi connectivity index (χ0v) is 24.5. The van der Waals surface area contributed by atoms with Crippen LogP contribution in [0.25, 0.3) is 32.6 Å². The molecule has 8 rings (SSSR count). The lowest BCUT2D eigenvalue weighted by Crippen LogP contribution is -2.35. The quantitative estimate of drug-likeness (QED) is 0.124. The highest BCUT2D eigenvalue weighted by atomic mass is 31.1. The second kappa shape index (κ2) is 10.2. The molecule has 0 radical (unpaired) electrons. The number of carbonyl (C=O) groups is 1. The van der Waals surface area contributed by atoms with Crippen molar-refractivity contribution in [3.63, 3.8) is 0 Å². The molecule has 0 amide bonds. The molecule has 214 valence electrons. The lowest BCUT2D eigenvalue weighted by Gasteiger charge is -2.40. The number of fused-ring (bicyclic) bond motifs is 5. The maximum absolute atomic E-state index is 14.4. The van der Waals surface area contributed by atoms with Crippen molar-refractivity contribution in [2.45, 2.75) is 5.60 Å². The summed E-state index contributed by atoms with van der Waals surface area (Å²) in [6, 6.07) is 39.1. The number of hydrogen-bond donors (Lipinski definition) is 1. The third-order valence-corrected chi connectivity index (χ3v) is 9.34. The number of rotatable bonds is 5. The van der Waals surface area contributed by atoms with Gasteiger partial charge in [0, 0.05) is 16.7 Å². The van der Waals surface area contributed by atoms with E-state index in [0.717, 1.165) is 38.2 Å². The standard InChI is InChI=1S/C36H25N2O5P/c1-41-34(39)25-17-18-30-31(21-25)38-35(37-30)44(40)43-36(28-12-4-6-15-32(28)42-33-16-7-5-13-29(33)36)27-14-8-11-24-19-22-9-2-3-10-23(22)20-26(24)27/h2-21,44H,1H3,(H,37,38). The molecule has 7 aromatic rings. The number of nitrogens with zero attached hydrogens (tertiary/aromatic N) is 1. The van der Waals surface area contributed by atoms with Crippen molar-refractivity contribution >= 4 is 52.1 Å². The maximum atomic E-state index is 14.4. The van der Waals surface area contributed by atoms with Gasteiger partial charge < -0.3 is 19.0 Å². The SMILES string of the molecule is COC(=O)c1ccc2[nH]c([PH](=O)OC3(c4cccc5cc6ccccc6cc45)c4ccccc4Oc4ccccc43)nc2c1. The Bertz CT molecular complexity index is 2250. The van der Waals surface area contributed by atoms with Gasteiger partial charge in [0.15, 0.2) is 11.2 Å². The summed E-state index contributed by atoms with van der Waals surface area (Å²) in [5, 5.41) is 4.22. The Hall–Kier alpha value is -5.23. The highest BCUT2D eigenvalue weighted by Gasteiger charge is 2.47. The Morgan fingerprint density at radius 1 is 0.750 bits per heavy atom. The smallest absolute Gasteiger partial charge is 0.337 e. The van der Waals surface area contributed by atoms with Crippen LogP contribution < -0.4 is 10.3 Å². The molecule has 0 bridgehead atoms. The summed E-state index contributed by atoms with van der Waals surface area (Å²) >= 11 is 0. The molecule has 44 heavy (non-hydrogen) atoms. The lowest BCUT2D eigenvalue weighted by atomic mass is 9.76. The molecule has 0 saturated carbocycles. The fourth-order valence-electron chi connectivity index (χ4n) is 6.22. The van der Waals surface area contributed by atoms with Gasteiger partial charge in [0.1, 0.15) is 11.5 Å². The number of hydrogen-bond acceptors (Lipinski definition) is 6. The molecular formula is C36H25N2O5P. The van der Waals surface area contributed by atoms with E-state index >= 15 is 0 Å². The first-order valence-corrected chi connectivity index (χ1v) is 15.5. The molecule has 0 aliphatic carbocycles. The van der Waals surface area contributed by atoms with Crippen LogP contribution in [-0.4, -0.2) is 23.0 Å². The second-order valence-electron chi connectivity index (χ2n) is 10.7. The van der Waals surface area contributed by atoms with Gasteiger partial charge in [-0.15, -0.1) is 0 Å². The molecule has 8 heteroatoms. The average Bonchev–Trinajstić information content (AvgIpc) is 3.50. The van der Waals surface area contributed by atoms with E-state index in [0.29, 0.717) is 28.1 Å². The minimum atomic E-state index is -3.05. The van der Waals surface area contributed by atoms with E-state index in [-0.39, 0.29) is 5.57 Å². The van der Waals surface area contributed by atoms with Gasteiger partial charge in [-0.25, -0.2) is 9.78 Å². The van der Waals surface area contributed by atoms with E-state index < -0.39 is 19.6 Å². The first kappa shape index (κ1) is 26.4. The van der Waals surface area contributed by atoms with Crippen molar-refractivity contribution in [2.24, 2.45) is 0 Å². The zero-order valence-electron chi connectivity index (χ0n) is 23.5. The van der Waals surface area contributed by atoms with E-state index in [1.54, 1.807) is 18.2 Å². The van der Waals surface area contributed by atoms with E-state index in [1.165, 1.54) is 7.11 Å². The Morgan fingerprint density at radius 3 is 2.11 bits per heavy atom. The second-order valence-corrected chi connectivity index (χ2v) is 12.0.